The van der Waals surface area contributed by atoms with Gasteiger partial charge in [-0.15, -0.1) is 0 Å². The predicted molar refractivity (Wildman–Crippen MR) is 88.4 cm³/mol. The summed E-state index contributed by atoms with van der Waals surface area (Å²) < 4.78 is 13.9. The lowest BCUT2D eigenvalue weighted by Crippen LogP contribution is -2.49. The Bertz CT molecular complexity index is 885. The molecule has 1 fully saturated rings. The molecule has 3 aromatic rings. The van der Waals surface area contributed by atoms with Crippen LogP contribution in [-0.4, -0.2) is 51.9 Å². The van der Waals surface area contributed by atoms with Crippen molar-refractivity contribution in [2.45, 2.75) is 0 Å². The first-order valence-electron chi connectivity index (χ1n) is 7.80. The molecule has 1 saturated heterocycles. The zero-order chi connectivity index (χ0) is 16.5. The summed E-state index contributed by atoms with van der Waals surface area (Å²) in [7, 11) is 0. The van der Waals surface area contributed by atoms with E-state index in [9.17, 15) is 9.18 Å². The zero-order valence-corrected chi connectivity index (χ0v) is 12.9. The fourth-order valence-electron chi connectivity index (χ4n) is 2.99. The third kappa shape index (κ3) is 2.58. The topological polar surface area (TPSA) is 65.1 Å². The highest BCUT2D eigenvalue weighted by atomic mass is 19.1. The van der Waals surface area contributed by atoms with Crippen molar-refractivity contribution in [1.29, 1.82) is 0 Å². The number of fused-ring (bicyclic) bond motifs is 1. The number of amides is 1. The van der Waals surface area contributed by atoms with Crippen LogP contribution in [0.2, 0.25) is 0 Å². The van der Waals surface area contributed by atoms with Crippen LogP contribution in [0, 0.1) is 5.82 Å². The lowest BCUT2D eigenvalue weighted by atomic mass is 10.2. The number of rotatable bonds is 2. The van der Waals surface area contributed by atoms with Gasteiger partial charge in [0.25, 0.3) is 5.91 Å². The number of H-pyrrole nitrogens is 1. The highest BCUT2D eigenvalue weighted by Gasteiger charge is 2.24. The molecule has 0 atom stereocenters. The van der Waals surface area contributed by atoms with E-state index in [1.165, 1.54) is 6.07 Å². The third-order valence-electron chi connectivity index (χ3n) is 4.28. The summed E-state index contributed by atoms with van der Waals surface area (Å²) in [5, 5.41) is 0. The van der Waals surface area contributed by atoms with Crippen LogP contribution >= 0.6 is 0 Å². The number of anilines is 1. The maximum atomic E-state index is 13.9. The number of aromatic nitrogens is 3. The van der Waals surface area contributed by atoms with Crippen molar-refractivity contribution >= 4 is 22.8 Å². The average Bonchev–Trinajstić information content (AvgIpc) is 3.09. The Morgan fingerprint density at radius 2 is 1.92 bits per heavy atom. The normalized spacial score (nSPS) is 15.0. The second kappa shape index (κ2) is 5.92. The summed E-state index contributed by atoms with van der Waals surface area (Å²) in [5.74, 6) is -0.293. The summed E-state index contributed by atoms with van der Waals surface area (Å²) in [4.78, 5) is 27.6. The highest BCUT2D eigenvalue weighted by Crippen LogP contribution is 2.21. The number of carbonyl (C=O) groups is 1. The molecule has 6 nitrogen and oxygen atoms in total. The van der Waals surface area contributed by atoms with E-state index >= 15 is 0 Å². The Morgan fingerprint density at radius 1 is 1.12 bits per heavy atom. The van der Waals surface area contributed by atoms with Crippen LogP contribution in [0.3, 0.4) is 0 Å². The molecule has 3 heterocycles. The molecule has 0 radical (unpaired) electrons. The summed E-state index contributed by atoms with van der Waals surface area (Å²) in [5.41, 5.74) is 2.46. The SMILES string of the molecule is O=C(c1cnc2nc[nH]c2c1)N1CCN(c2ccccc2F)CC1. The quantitative estimate of drug-likeness (QED) is 0.783. The Labute approximate surface area is 137 Å². The minimum atomic E-state index is -0.230. The van der Waals surface area contributed by atoms with Gasteiger partial charge in [0.1, 0.15) is 5.82 Å². The highest BCUT2D eigenvalue weighted by molar-refractivity contribution is 5.96. The Hall–Kier alpha value is -2.96. The van der Waals surface area contributed by atoms with Gasteiger partial charge >= 0.3 is 0 Å². The lowest BCUT2D eigenvalue weighted by Gasteiger charge is -2.36. The van der Waals surface area contributed by atoms with Crippen LogP contribution in [0.4, 0.5) is 10.1 Å². The average molecular weight is 325 g/mol. The molecular formula is C17H16FN5O. The predicted octanol–water partition coefficient (Wildman–Crippen LogP) is 2.06. The number of piperazine rings is 1. The Kier molecular flexibility index (Phi) is 3.60. The number of pyridine rings is 1. The number of aromatic amines is 1. The third-order valence-corrected chi connectivity index (χ3v) is 4.28. The number of carbonyl (C=O) groups excluding carboxylic acids is 1. The molecule has 122 valence electrons. The van der Waals surface area contributed by atoms with Crippen molar-refractivity contribution in [3.63, 3.8) is 0 Å². The second-order valence-corrected chi connectivity index (χ2v) is 5.73. The molecule has 0 unspecified atom stereocenters. The molecule has 7 heteroatoms. The minimum Gasteiger partial charge on any atom is -0.366 e. The van der Waals surface area contributed by atoms with Crippen molar-refractivity contribution in [3.8, 4) is 0 Å². The van der Waals surface area contributed by atoms with Crippen LogP contribution in [-0.2, 0) is 0 Å². The van der Waals surface area contributed by atoms with E-state index < -0.39 is 0 Å². The molecule has 2 aromatic heterocycles. The van der Waals surface area contributed by atoms with Gasteiger partial charge in [0, 0.05) is 32.4 Å². The van der Waals surface area contributed by atoms with Crippen molar-refractivity contribution in [2.24, 2.45) is 0 Å². The molecule has 0 spiro atoms. The van der Waals surface area contributed by atoms with E-state index in [1.54, 1.807) is 35.6 Å². The van der Waals surface area contributed by atoms with Crippen LogP contribution in [0.15, 0.2) is 42.9 Å². The maximum absolute atomic E-state index is 13.9. The number of benzene rings is 1. The summed E-state index contributed by atoms with van der Waals surface area (Å²) >= 11 is 0. The van der Waals surface area contributed by atoms with Crippen LogP contribution < -0.4 is 4.90 Å². The lowest BCUT2D eigenvalue weighted by molar-refractivity contribution is 0.0746. The maximum Gasteiger partial charge on any atom is 0.255 e. The van der Waals surface area contributed by atoms with Gasteiger partial charge in [-0.25, -0.2) is 14.4 Å². The van der Waals surface area contributed by atoms with Gasteiger partial charge in [0.2, 0.25) is 0 Å². The zero-order valence-electron chi connectivity index (χ0n) is 12.9. The van der Waals surface area contributed by atoms with Crippen molar-refractivity contribution in [1.82, 2.24) is 19.9 Å². The molecule has 1 aliphatic rings. The molecule has 0 saturated carbocycles. The first-order valence-corrected chi connectivity index (χ1v) is 7.80. The van der Waals surface area contributed by atoms with Crippen molar-refractivity contribution in [2.75, 3.05) is 31.1 Å². The van der Waals surface area contributed by atoms with Crippen molar-refractivity contribution in [3.05, 3.63) is 54.2 Å². The second-order valence-electron chi connectivity index (χ2n) is 5.73. The first kappa shape index (κ1) is 14.6. The van der Waals surface area contributed by atoms with Crippen LogP contribution in [0.25, 0.3) is 11.2 Å². The molecular weight excluding hydrogens is 309 g/mol. The molecule has 0 bridgehead atoms. The van der Waals surface area contributed by atoms with Gasteiger partial charge in [-0.3, -0.25) is 4.79 Å². The number of nitrogens with zero attached hydrogens (tertiary/aromatic N) is 4. The van der Waals surface area contributed by atoms with E-state index in [4.69, 9.17) is 0 Å². The van der Waals surface area contributed by atoms with Crippen LogP contribution in [0.1, 0.15) is 10.4 Å². The summed E-state index contributed by atoms with van der Waals surface area (Å²) in [6.45, 7) is 2.31. The molecule has 1 N–H and O–H groups in total. The number of halogens is 1. The number of imidazole rings is 1. The van der Waals surface area contributed by atoms with Gasteiger partial charge in [-0.1, -0.05) is 12.1 Å². The fourth-order valence-corrected chi connectivity index (χ4v) is 2.99. The van der Waals surface area contributed by atoms with Gasteiger partial charge in [-0.2, -0.15) is 0 Å². The van der Waals surface area contributed by atoms with Gasteiger partial charge < -0.3 is 14.8 Å². The molecule has 4 rings (SSSR count). The van der Waals surface area contributed by atoms with E-state index in [2.05, 4.69) is 15.0 Å². The fraction of sp³-hybridized carbons (Fsp3) is 0.235. The number of hydrogen-bond donors (Lipinski definition) is 1. The smallest absolute Gasteiger partial charge is 0.255 e. The van der Waals surface area contributed by atoms with Crippen LogP contribution in [0.5, 0.6) is 0 Å². The van der Waals surface area contributed by atoms with E-state index in [1.807, 2.05) is 11.0 Å². The van der Waals surface area contributed by atoms with Crippen molar-refractivity contribution < 1.29 is 9.18 Å². The van der Waals surface area contributed by atoms with Gasteiger partial charge in [-0.05, 0) is 18.2 Å². The first-order chi connectivity index (χ1) is 11.7. The minimum absolute atomic E-state index is 0.0628. The summed E-state index contributed by atoms with van der Waals surface area (Å²) in [6, 6.07) is 8.49. The molecule has 1 aromatic carbocycles. The van der Waals surface area contributed by atoms with E-state index in [0.717, 1.165) is 5.52 Å². The standard InChI is InChI=1S/C17H16FN5O/c18-13-3-1-2-4-15(13)22-5-7-23(8-6-22)17(24)12-9-14-16(19-10-12)21-11-20-14/h1-4,9-11H,5-8H2,(H,19,20,21). The molecule has 1 amide bonds. The van der Waals surface area contributed by atoms with E-state index in [0.29, 0.717) is 43.1 Å². The molecule has 0 aliphatic carbocycles. The van der Waals surface area contributed by atoms with E-state index in [-0.39, 0.29) is 11.7 Å². The number of para-hydroxylation sites is 1. The Balaban J connectivity index is 1.47. The largest absolute Gasteiger partial charge is 0.366 e. The number of hydrogen-bond acceptors (Lipinski definition) is 4. The van der Waals surface area contributed by atoms with Gasteiger partial charge in [0.15, 0.2) is 5.65 Å². The molecule has 1 aliphatic heterocycles. The summed E-state index contributed by atoms with van der Waals surface area (Å²) in [6.07, 6.45) is 3.11. The molecule has 24 heavy (non-hydrogen) atoms. The Morgan fingerprint density at radius 3 is 2.71 bits per heavy atom. The van der Waals surface area contributed by atoms with Gasteiger partial charge in [0.05, 0.1) is 23.1 Å². The monoisotopic (exact) mass is 325 g/mol. The number of nitrogens with one attached hydrogen (secondary N) is 1.